The van der Waals surface area contributed by atoms with Gasteiger partial charge in [0.1, 0.15) is 5.69 Å². The molecule has 1 saturated heterocycles. The normalized spacial score (nSPS) is 18.0. The summed E-state index contributed by atoms with van der Waals surface area (Å²) in [6, 6.07) is 3.26. The predicted molar refractivity (Wildman–Crippen MR) is 85.7 cm³/mol. The summed E-state index contributed by atoms with van der Waals surface area (Å²) in [4.78, 5) is 34.9. The molecule has 3 aromatic rings. The average molecular weight is 329 g/mol. The van der Waals surface area contributed by atoms with E-state index in [2.05, 4.69) is 15.1 Å². The molecular weight excluding hydrogens is 314 g/mol. The highest BCUT2D eigenvalue weighted by Crippen LogP contribution is 2.32. The summed E-state index contributed by atoms with van der Waals surface area (Å²) in [5.74, 6) is -0.0658. The van der Waals surface area contributed by atoms with Crippen molar-refractivity contribution >= 4 is 22.9 Å². The van der Waals surface area contributed by atoms with Crippen LogP contribution in [-0.2, 0) is 0 Å². The summed E-state index contributed by atoms with van der Waals surface area (Å²) in [5, 5.41) is 4.86. The molecule has 0 bridgehead atoms. The van der Waals surface area contributed by atoms with E-state index in [0.717, 1.165) is 18.5 Å². The number of fused-ring (bicyclic) bond motifs is 1. The van der Waals surface area contributed by atoms with Crippen LogP contribution in [0, 0.1) is 6.92 Å². The number of likely N-dealkylation sites (tertiary alicyclic amines) is 1. The number of carbonyl (C=O) groups excluding carboxylic acids is 1. The van der Waals surface area contributed by atoms with Gasteiger partial charge in [-0.3, -0.25) is 14.7 Å². The summed E-state index contributed by atoms with van der Waals surface area (Å²) in [6.45, 7) is 2.49. The van der Waals surface area contributed by atoms with Crippen LogP contribution in [0.5, 0.6) is 0 Å². The number of aryl methyl sites for hydroxylation is 1. The number of thiazole rings is 1. The van der Waals surface area contributed by atoms with Crippen molar-refractivity contribution in [3.8, 4) is 0 Å². The van der Waals surface area contributed by atoms with Gasteiger partial charge in [-0.2, -0.15) is 0 Å². The van der Waals surface area contributed by atoms with Gasteiger partial charge in [-0.1, -0.05) is 0 Å². The minimum absolute atomic E-state index is 0.0658. The number of rotatable bonds is 2. The Hall–Kier alpha value is -2.48. The van der Waals surface area contributed by atoms with Gasteiger partial charge in [-0.05, 0) is 19.8 Å². The van der Waals surface area contributed by atoms with Crippen LogP contribution in [0.25, 0.3) is 5.65 Å². The number of carbonyl (C=O) groups is 1. The molecule has 8 heteroatoms. The standard InChI is InChI=1S/C15H15N5O2S/c1-9-5-14(21)20-13(17-9)6-10(18-20)12-3-2-4-19(12)15(22)11-7-23-8-16-11/h5-8,12,18H,2-4H2,1H3/t12-/m0/s1. The lowest BCUT2D eigenvalue weighted by Gasteiger charge is -2.22. The molecule has 4 heterocycles. The van der Waals surface area contributed by atoms with Crippen LogP contribution in [0.1, 0.15) is 40.8 Å². The van der Waals surface area contributed by atoms with E-state index in [1.807, 2.05) is 11.0 Å². The number of aromatic amines is 1. The Morgan fingerprint density at radius 3 is 3.09 bits per heavy atom. The van der Waals surface area contributed by atoms with E-state index in [1.54, 1.807) is 17.8 Å². The zero-order valence-corrected chi connectivity index (χ0v) is 13.3. The first kappa shape index (κ1) is 14.1. The molecular formula is C15H15N5O2S. The SMILES string of the molecule is Cc1cc(=O)n2[nH]c([C@@H]3CCCN3C(=O)c3cscn3)cc2n1. The maximum Gasteiger partial charge on any atom is 0.273 e. The Morgan fingerprint density at radius 2 is 2.30 bits per heavy atom. The van der Waals surface area contributed by atoms with Crippen molar-refractivity contribution in [1.82, 2.24) is 24.5 Å². The van der Waals surface area contributed by atoms with Crippen LogP contribution in [-0.4, -0.2) is 36.9 Å². The number of hydrogen-bond acceptors (Lipinski definition) is 5. The molecule has 1 fully saturated rings. The van der Waals surface area contributed by atoms with Gasteiger partial charge < -0.3 is 4.90 Å². The van der Waals surface area contributed by atoms with Crippen LogP contribution in [0.3, 0.4) is 0 Å². The number of hydrogen-bond donors (Lipinski definition) is 1. The van der Waals surface area contributed by atoms with Gasteiger partial charge in [0.05, 0.1) is 17.2 Å². The first-order valence-corrected chi connectivity index (χ1v) is 8.36. The Kier molecular flexibility index (Phi) is 3.26. The van der Waals surface area contributed by atoms with E-state index in [-0.39, 0.29) is 17.5 Å². The van der Waals surface area contributed by atoms with Crippen LogP contribution < -0.4 is 5.56 Å². The van der Waals surface area contributed by atoms with Crippen molar-refractivity contribution in [2.45, 2.75) is 25.8 Å². The summed E-state index contributed by atoms with van der Waals surface area (Å²) in [5.41, 5.74) is 4.09. The Morgan fingerprint density at radius 1 is 1.43 bits per heavy atom. The van der Waals surface area contributed by atoms with Gasteiger partial charge in [-0.25, -0.2) is 14.5 Å². The van der Waals surface area contributed by atoms with E-state index >= 15 is 0 Å². The zero-order valence-electron chi connectivity index (χ0n) is 12.5. The second-order valence-electron chi connectivity index (χ2n) is 5.67. The number of aromatic nitrogens is 4. The lowest BCUT2D eigenvalue weighted by Crippen LogP contribution is -2.31. The van der Waals surface area contributed by atoms with Gasteiger partial charge in [0.15, 0.2) is 5.65 Å². The van der Waals surface area contributed by atoms with Gasteiger partial charge in [-0.15, -0.1) is 11.3 Å². The summed E-state index contributed by atoms with van der Waals surface area (Å²) in [6.07, 6.45) is 1.79. The summed E-state index contributed by atoms with van der Waals surface area (Å²) < 4.78 is 1.42. The molecule has 1 aliphatic rings. The molecule has 7 nitrogen and oxygen atoms in total. The highest BCUT2D eigenvalue weighted by atomic mass is 32.1. The highest BCUT2D eigenvalue weighted by Gasteiger charge is 2.32. The summed E-state index contributed by atoms with van der Waals surface area (Å²) in [7, 11) is 0. The molecule has 1 atom stereocenters. The van der Waals surface area contributed by atoms with Gasteiger partial charge in [0.25, 0.3) is 11.5 Å². The molecule has 0 radical (unpaired) electrons. The molecule has 0 spiro atoms. The van der Waals surface area contributed by atoms with Crippen LogP contribution in [0.4, 0.5) is 0 Å². The fraction of sp³-hybridized carbons (Fsp3) is 0.333. The second kappa shape index (κ2) is 5.31. The van der Waals surface area contributed by atoms with Crippen molar-refractivity contribution in [1.29, 1.82) is 0 Å². The Bertz CT molecular complexity index is 927. The molecule has 1 amide bonds. The minimum atomic E-state index is -0.144. The first-order valence-electron chi connectivity index (χ1n) is 7.42. The van der Waals surface area contributed by atoms with Crippen LogP contribution in [0.15, 0.2) is 27.8 Å². The van der Waals surface area contributed by atoms with E-state index in [9.17, 15) is 9.59 Å². The Balaban J connectivity index is 1.73. The van der Waals surface area contributed by atoms with Crippen molar-refractivity contribution in [2.24, 2.45) is 0 Å². The topological polar surface area (TPSA) is 83.4 Å². The molecule has 1 aliphatic heterocycles. The third-order valence-corrected chi connectivity index (χ3v) is 4.71. The Labute approximate surface area is 135 Å². The van der Waals surface area contributed by atoms with Crippen LogP contribution >= 0.6 is 11.3 Å². The second-order valence-corrected chi connectivity index (χ2v) is 6.39. The maximum absolute atomic E-state index is 12.6. The fourth-order valence-electron chi connectivity index (χ4n) is 3.10. The zero-order chi connectivity index (χ0) is 16.0. The maximum atomic E-state index is 12.6. The number of nitrogens with one attached hydrogen (secondary N) is 1. The van der Waals surface area contributed by atoms with Crippen molar-refractivity contribution in [2.75, 3.05) is 6.54 Å². The number of amides is 1. The van der Waals surface area contributed by atoms with E-state index in [4.69, 9.17) is 0 Å². The fourth-order valence-corrected chi connectivity index (χ4v) is 3.62. The molecule has 4 rings (SSSR count). The van der Waals surface area contributed by atoms with E-state index < -0.39 is 0 Å². The van der Waals surface area contributed by atoms with Crippen molar-refractivity contribution in [3.05, 3.63) is 50.5 Å². The van der Waals surface area contributed by atoms with E-state index in [0.29, 0.717) is 23.6 Å². The van der Waals surface area contributed by atoms with Crippen molar-refractivity contribution < 1.29 is 4.79 Å². The van der Waals surface area contributed by atoms with Crippen molar-refractivity contribution in [3.63, 3.8) is 0 Å². The third-order valence-electron chi connectivity index (χ3n) is 4.12. The molecule has 3 aromatic heterocycles. The summed E-state index contributed by atoms with van der Waals surface area (Å²) >= 11 is 1.41. The lowest BCUT2D eigenvalue weighted by atomic mass is 10.1. The quantitative estimate of drug-likeness (QED) is 0.776. The highest BCUT2D eigenvalue weighted by molar-refractivity contribution is 7.07. The molecule has 0 saturated carbocycles. The number of H-pyrrole nitrogens is 1. The monoisotopic (exact) mass is 329 g/mol. The van der Waals surface area contributed by atoms with Gasteiger partial charge in [0, 0.05) is 29.8 Å². The molecule has 1 N–H and O–H groups in total. The predicted octanol–water partition coefficient (Wildman–Crippen LogP) is 1.76. The molecule has 0 aliphatic carbocycles. The molecule has 0 aromatic carbocycles. The molecule has 23 heavy (non-hydrogen) atoms. The average Bonchev–Trinajstić information content (AvgIpc) is 3.25. The van der Waals surface area contributed by atoms with Crippen LogP contribution in [0.2, 0.25) is 0 Å². The molecule has 118 valence electrons. The van der Waals surface area contributed by atoms with Gasteiger partial charge >= 0.3 is 0 Å². The molecule has 0 unspecified atom stereocenters. The van der Waals surface area contributed by atoms with E-state index in [1.165, 1.54) is 21.9 Å². The largest absolute Gasteiger partial charge is 0.329 e. The number of nitrogens with zero attached hydrogens (tertiary/aromatic N) is 4. The lowest BCUT2D eigenvalue weighted by molar-refractivity contribution is 0.0727. The minimum Gasteiger partial charge on any atom is -0.329 e. The first-order chi connectivity index (χ1) is 11.1. The van der Waals surface area contributed by atoms with Gasteiger partial charge in [0.2, 0.25) is 0 Å². The smallest absolute Gasteiger partial charge is 0.273 e. The third kappa shape index (κ3) is 2.35.